The number of benzene rings is 2. The molecule has 0 atom stereocenters. The fraction of sp³-hybridized carbons (Fsp3) is 0.316. The zero-order valence-corrected chi connectivity index (χ0v) is 14.2. The number of anilines is 2. The van der Waals surface area contributed by atoms with Crippen molar-refractivity contribution in [1.29, 1.82) is 0 Å². The lowest BCUT2D eigenvalue weighted by molar-refractivity contribution is 0.201. The molecule has 0 saturated carbocycles. The second-order valence-corrected chi connectivity index (χ2v) is 6.70. The molecule has 2 aromatic rings. The van der Waals surface area contributed by atoms with Gasteiger partial charge in [-0.3, -0.25) is 4.90 Å². The molecule has 1 saturated heterocycles. The molecule has 0 aliphatic carbocycles. The largest absolute Gasteiger partial charge is 0.368 e. The van der Waals surface area contributed by atoms with Gasteiger partial charge in [0, 0.05) is 49.1 Å². The fourth-order valence-corrected chi connectivity index (χ4v) is 3.72. The second-order valence-electron chi connectivity index (χ2n) is 6.27. The summed E-state index contributed by atoms with van der Waals surface area (Å²) in [5.74, 6) is 0. The number of amides is 2. The van der Waals surface area contributed by atoms with Crippen LogP contribution in [0.5, 0.6) is 0 Å². The van der Waals surface area contributed by atoms with Gasteiger partial charge in [0.25, 0.3) is 0 Å². The van der Waals surface area contributed by atoms with Crippen molar-refractivity contribution >= 4 is 29.0 Å². The van der Waals surface area contributed by atoms with Crippen LogP contribution in [0.1, 0.15) is 5.56 Å². The first-order valence-electron chi connectivity index (χ1n) is 8.37. The monoisotopic (exact) mass is 341 g/mol. The smallest absolute Gasteiger partial charge is 0.324 e. The number of carbonyl (C=O) groups is 1. The van der Waals surface area contributed by atoms with Gasteiger partial charge in [-0.05, 0) is 36.2 Å². The van der Waals surface area contributed by atoms with E-state index in [0.29, 0.717) is 0 Å². The molecule has 2 aromatic carbocycles. The minimum atomic E-state index is 0.130. The number of hydrogen-bond acceptors (Lipinski definition) is 2. The minimum absolute atomic E-state index is 0.130. The van der Waals surface area contributed by atoms with Gasteiger partial charge < -0.3 is 9.80 Å². The van der Waals surface area contributed by atoms with Gasteiger partial charge in [-0.1, -0.05) is 35.9 Å². The SMILES string of the molecule is O=C(N1CCN(c2cccc(Cl)c2)CC1)N1CCc2ccccc21. The summed E-state index contributed by atoms with van der Waals surface area (Å²) in [6.45, 7) is 3.93. The predicted octanol–water partition coefficient (Wildman–Crippen LogP) is 3.64. The topological polar surface area (TPSA) is 26.8 Å². The van der Waals surface area contributed by atoms with Gasteiger partial charge in [-0.2, -0.15) is 0 Å². The first-order valence-corrected chi connectivity index (χ1v) is 8.75. The molecule has 2 aliphatic rings. The summed E-state index contributed by atoms with van der Waals surface area (Å²) < 4.78 is 0. The van der Waals surface area contributed by atoms with E-state index >= 15 is 0 Å². The third kappa shape index (κ3) is 2.82. The quantitative estimate of drug-likeness (QED) is 0.791. The molecule has 5 heteroatoms. The lowest BCUT2D eigenvalue weighted by atomic mass is 10.2. The number of nitrogens with zero attached hydrogens (tertiary/aromatic N) is 3. The minimum Gasteiger partial charge on any atom is -0.368 e. The number of para-hydroxylation sites is 1. The van der Waals surface area contributed by atoms with Gasteiger partial charge >= 0.3 is 6.03 Å². The molecule has 24 heavy (non-hydrogen) atoms. The number of rotatable bonds is 1. The molecule has 0 unspecified atom stereocenters. The van der Waals surface area contributed by atoms with Crippen molar-refractivity contribution in [2.75, 3.05) is 42.5 Å². The van der Waals surface area contributed by atoms with Crippen molar-refractivity contribution in [1.82, 2.24) is 4.90 Å². The van der Waals surface area contributed by atoms with E-state index in [1.807, 2.05) is 46.2 Å². The van der Waals surface area contributed by atoms with Crippen LogP contribution in [-0.2, 0) is 6.42 Å². The molecule has 0 spiro atoms. The Bertz CT molecular complexity index is 756. The summed E-state index contributed by atoms with van der Waals surface area (Å²) in [5.41, 5.74) is 3.46. The Balaban J connectivity index is 1.42. The molecular weight excluding hydrogens is 322 g/mol. The van der Waals surface area contributed by atoms with Crippen molar-refractivity contribution in [3.8, 4) is 0 Å². The first-order chi connectivity index (χ1) is 11.7. The van der Waals surface area contributed by atoms with Gasteiger partial charge in [-0.25, -0.2) is 4.79 Å². The molecule has 1 fully saturated rings. The maximum Gasteiger partial charge on any atom is 0.324 e. The van der Waals surface area contributed by atoms with E-state index in [-0.39, 0.29) is 6.03 Å². The summed E-state index contributed by atoms with van der Waals surface area (Å²) in [7, 11) is 0. The maximum absolute atomic E-state index is 12.9. The van der Waals surface area contributed by atoms with Crippen molar-refractivity contribution in [3.63, 3.8) is 0 Å². The number of halogens is 1. The van der Waals surface area contributed by atoms with Crippen LogP contribution in [0.25, 0.3) is 0 Å². The summed E-state index contributed by atoms with van der Waals surface area (Å²) in [6, 6.07) is 16.2. The van der Waals surface area contributed by atoms with Gasteiger partial charge in [0.15, 0.2) is 0 Å². The average molecular weight is 342 g/mol. The van der Waals surface area contributed by atoms with E-state index in [1.54, 1.807) is 0 Å². The standard InChI is InChI=1S/C19H20ClN3O/c20-16-5-3-6-17(14-16)21-10-12-22(13-11-21)19(24)23-9-8-15-4-1-2-7-18(15)23/h1-7,14H,8-13H2. The van der Waals surface area contributed by atoms with Crippen LogP contribution in [0.4, 0.5) is 16.2 Å². The Kier molecular flexibility index (Phi) is 4.07. The normalized spacial score (nSPS) is 17.1. The van der Waals surface area contributed by atoms with Crippen LogP contribution in [0, 0.1) is 0 Å². The molecule has 2 aliphatic heterocycles. The summed E-state index contributed by atoms with van der Waals surface area (Å²) in [5, 5.41) is 0.750. The number of fused-ring (bicyclic) bond motifs is 1. The predicted molar refractivity (Wildman–Crippen MR) is 98.1 cm³/mol. The summed E-state index contributed by atoms with van der Waals surface area (Å²) in [4.78, 5) is 19.0. The molecule has 0 aromatic heterocycles. The van der Waals surface area contributed by atoms with Crippen molar-refractivity contribution in [2.45, 2.75) is 6.42 Å². The van der Waals surface area contributed by atoms with Crippen LogP contribution in [0.3, 0.4) is 0 Å². The van der Waals surface area contributed by atoms with E-state index in [0.717, 1.165) is 55.5 Å². The average Bonchev–Trinajstić information content (AvgIpc) is 3.05. The van der Waals surface area contributed by atoms with Crippen molar-refractivity contribution < 1.29 is 4.79 Å². The molecule has 0 bridgehead atoms. The Labute approximate surface area is 147 Å². The van der Waals surface area contributed by atoms with Gasteiger partial charge in [-0.15, -0.1) is 0 Å². The molecule has 0 N–H and O–H groups in total. The number of hydrogen-bond donors (Lipinski definition) is 0. The zero-order chi connectivity index (χ0) is 16.5. The highest BCUT2D eigenvalue weighted by molar-refractivity contribution is 6.30. The highest BCUT2D eigenvalue weighted by Crippen LogP contribution is 2.29. The maximum atomic E-state index is 12.9. The molecular formula is C19H20ClN3O. The van der Waals surface area contributed by atoms with Crippen LogP contribution in [0.2, 0.25) is 5.02 Å². The summed E-state index contributed by atoms with van der Waals surface area (Å²) >= 11 is 6.08. The van der Waals surface area contributed by atoms with E-state index in [4.69, 9.17) is 11.6 Å². The van der Waals surface area contributed by atoms with Crippen LogP contribution in [0.15, 0.2) is 48.5 Å². The van der Waals surface area contributed by atoms with E-state index in [9.17, 15) is 4.79 Å². The van der Waals surface area contributed by atoms with E-state index in [2.05, 4.69) is 17.0 Å². The third-order valence-electron chi connectivity index (χ3n) is 4.84. The van der Waals surface area contributed by atoms with Gasteiger partial charge in [0.1, 0.15) is 0 Å². The van der Waals surface area contributed by atoms with Crippen molar-refractivity contribution in [2.24, 2.45) is 0 Å². The zero-order valence-electron chi connectivity index (χ0n) is 13.5. The number of carbonyl (C=O) groups excluding carboxylic acids is 1. The van der Waals surface area contributed by atoms with Gasteiger partial charge in [0.2, 0.25) is 0 Å². The Morgan fingerprint density at radius 2 is 1.71 bits per heavy atom. The third-order valence-corrected chi connectivity index (χ3v) is 5.08. The molecule has 2 amide bonds. The van der Waals surface area contributed by atoms with Crippen LogP contribution in [-0.4, -0.2) is 43.7 Å². The van der Waals surface area contributed by atoms with Crippen molar-refractivity contribution in [3.05, 3.63) is 59.1 Å². The van der Waals surface area contributed by atoms with E-state index in [1.165, 1.54) is 5.56 Å². The Morgan fingerprint density at radius 1 is 0.917 bits per heavy atom. The number of urea groups is 1. The molecule has 0 radical (unpaired) electrons. The molecule has 124 valence electrons. The lowest BCUT2D eigenvalue weighted by Gasteiger charge is -2.37. The van der Waals surface area contributed by atoms with Gasteiger partial charge in [0.05, 0.1) is 0 Å². The highest BCUT2D eigenvalue weighted by atomic mass is 35.5. The molecule has 2 heterocycles. The van der Waals surface area contributed by atoms with Crippen LogP contribution >= 0.6 is 11.6 Å². The molecule has 4 nitrogen and oxygen atoms in total. The summed E-state index contributed by atoms with van der Waals surface area (Å²) in [6.07, 6.45) is 0.949. The van der Waals surface area contributed by atoms with Crippen LogP contribution < -0.4 is 9.80 Å². The highest BCUT2D eigenvalue weighted by Gasteiger charge is 2.30. The Morgan fingerprint density at radius 3 is 2.50 bits per heavy atom. The lowest BCUT2D eigenvalue weighted by Crippen LogP contribution is -2.52. The second kappa shape index (κ2) is 6.36. The van der Waals surface area contributed by atoms with E-state index < -0.39 is 0 Å². The molecule has 4 rings (SSSR count). The Hall–Kier alpha value is -2.20. The number of piperazine rings is 1. The first kappa shape index (κ1) is 15.3. The fourth-order valence-electron chi connectivity index (χ4n) is 3.54.